The first-order valence-corrected chi connectivity index (χ1v) is 6.51. The van der Waals surface area contributed by atoms with E-state index < -0.39 is 0 Å². The van der Waals surface area contributed by atoms with Gasteiger partial charge in [-0.2, -0.15) is 0 Å². The number of hydrogen-bond donors (Lipinski definition) is 0. The number of unbranched alkanes of at least 4 members (excludes halogenated alkanes) is 1. The Bertz CT molecular complexity index is 182. The normalized spacial score (nSPS) is 13.9. The molecule has 1 heteroatoms. The van der Waals surface area contributed by atoms with E-state index in [4.69, 9.17) is 0 Å². The lowest BCUT2D eigenvalue weighted by molar-refractivity contribution is -0.128. The Kier molecular flexibility index (Phi) is 6.87. The third-order valence-electron chi connectivity index (χ3n) is 3.66. The van der Waals surface area contributed by atoms with E-state index in [1.54, 1.807) is 0 Å². The highest BCUT2D eigenvalue weighted by molar-refractivity contribution is 5.84. The number of ketones is 1. The van der Waals surface area contributed by atoms with Gasteiger partial charge >= 0.3 is 0 Å². The average Bonchev–Trinajstić information content (AvgIpc) is 2.23. The topological polar surface area (TPSA) is 17.1 Å². The van der Waals surface area contributed by atoms with Crippen LogP contribution in [0.4, 0.5) is 0 Å². The van der Waals surface area contributed by atoms with Gasteiger partial charge in [-0.15, -0.1) is 0 Å². The van der Waals surface area contributed by atoms with Crippen molar-refractivity contribution in [2.75, 3.05) is 0 Å². The van der Waals surface area contributed by atoms with E-state index in [1.807, 2.05) is 0 Å². The predicted molar refractivity (Wildman–Crippen MR) is 67.0 cm³/mol. The van der Waals surface area contributed by atoms with Crippen molar-refractivity contribution in [2.24, 2.45) is 11.3 Å². The monoisotopic (exact) mass is 212 g/mol. The lowest BCUT2D eigenvalue weighted by atomic mass is 9.79. The average molecular weight is 212 g/mol. The molecule has 0 amide bonds. The Labute approximate surface area is 95.6 Å². The van der Waals surface area contributed by atoms with Crippen molar-refractivity contribution in [1.82, 2.24) is 0 Å². The molecule has 0 radical (unpaired) electrons. The second-order valence-corrected chi connectivity index (χ2v) is 5.28. The fourth-order valence-electron chi connectivity index (χ4n) is 1.68. The van der Waals surface area contributed by atoms with Gasteiger partial charge in [0.1, 0.15) is 5.78 Å². The molecule has 1 unspecified atom stereocenters. The van der Waals surface area contributed by atoms with Gasteiger partial charge in [0, 0.05) is 11.8 Å². The molecule has 15 heavy (non-hydrogen) atoms. The molecular weight excluding hydrogens is 184 g/mol. The zero-order valence-corrected chi connectivity index (χ0v) is 11.2. The standard InChI is InChI=1S/C14H28O/c1-6-9-10-12(7-2)11-13(15)14(4,5)8-3/h12H,6-11H2,1-5H3. The van der Waals surface area contributed by atoms with E-state index in [0.29, 0.717) is 11.7 Å². The van der Waals surface area contributed by atoms with Gasteiger partial charge in [0.05, 0.1) is 0 Å². The van der Waals surface area contributed by atoms with Gasteiger partial charge in [0.2, 0.25) is 0 Å². The van der Waals surface area contributed by atoms with Crippen LogP contribution in [0.25, 0.3) is 0 Å². The predicted octanol–water partition coefficient (Wildman–Crippen LogP) is 4.60. The lowest BCUT2D eigenvalue weighted by Crippen LogP contribution is -2.25. The van der Waals surface area contributed by atoms with Crippen LogP contribution in [0.2, 0.25) is 0 Å². The smallest absolute Gasteiger partial charge is 0.138 e. The van der Waals surface area contributed by atoms with Crippen molar-refractivity contribution < 1.29 is 4.79 Å². The first kappa shape index (κ1) is 14.7. The molecular formula is C14H28O. The van der Waals surface area contributed by atoms with Crippen LogP contribution in [-0.2, 0) is 4.79 Å². The molecule has 0 saturated carbocycles. The van der Waals surface area contributed by atoms with Gasteiger partial charge in [0.15, 0.2) is 0 Å². The number of carbonyl (C=O) groups is 1. The number of Topliss-reactive ketones (excluding diaryl/α,β-unsaturated/α-hetero) is 1. The molecule has 90 valence electrons. The number of carbonyl (C=O) groups excluding carboxylic acids is 1. The van der Waals surface area contributed by atoms with Crippen LogP contribution in [0.1, 0.15) is 73.1 Å². The summed E-state index contributed by atoms with van der Waals surface area (Å²) in [5.41, 5.74) is -0.111. The molecule has 0 aliphatic carbocycles. The van der Waals surface area contributed by atoms with Crippen LogP contribution in [0.3, 0.4) is 0 Å². The van der Waals surface area contributed by atoms with Crippen molar-refractivity contribution in [2.45, 2.75) is 73.1 Å². The van der Waals surface area contributed by atoms with E-state index >= 15 is 0 Å². The van der Waals surface area contributed by atoms with Crippen LogP contribution in [0.5, 0.6) is 0 Å². The van der Waals surface area contributed by atoms with Crippen LogP contribution in [0.15, 0.2) is 0 Å². The highest BCUT2D eigenvalue weighted by Crippen LogP contribution is 2.27. The Balaban J connectivity index is 4.12. The van der Waals surface area contributed by atoms with Crippen LogP contribution in [-0.4, -0.2) is 5.78 Å². The number of hydrogen-bond acceptors (Lipinski definition) is 1. The van der Waals surface area contributed by atoms with Crippen molar-refractivity contribution in [3.8, 4) is 0 Å². The second-order valence-electron chi connectivity index (χ2n) is 5.28. The van der Waals surface area contributed by atoms with Gasteiger partial charge in [-0.25, -0.2) is 0 Å². The highest BCUT2D eigenvalue weighted by atomic mass is 16.1. The summed E-state index contributed by atoms with van der Waals surface area (Å²) in [5, 5.41) is 0. The van der Waals surface area contributed by atoms with E-state index in [-0.39, 0.29) is 5.41 Å². The molecule has 0 aliphatic rings. The summed E-state index contributed by atoms with van der Waals surface area (Å²) in [6, 6.07) is 0. The molecule has 0 heterocycles. The summed E-state index contributed by atoms with van der Waals surface area (Å²) in [6.07, 6.45) is 6.61. The molecule has 0 spiro atoms. The third-order valence-corrected chi connectivity index (χ3v) is 3.66. The minimum atomic E-state index is -0.111. The van der Waals surface area contributed by atoms with Gasteiger partial charge in [-0.05, 0) is 12.3 Å². The van der Waals surface area contributed by atoms with Crippen molar-refractivity contribution in [3.05, 3.63) is 0 Å². The van der Waals surface area contributed by atoms with Gasteiger partial charge in [-0.3, -0.25) is 4.79 Å². The fraction of sp³-hybridized carbons (Fsp3) is 0.929. The summed E-state index contributed by atoms with van der Waals surface area (Å²) in [5.74, 6) is 1.07. The van der Waals surface area contributed by atoms with Gasteiger partial charge in [-0.1, -0.05) is 60.3 Å². The Morgan fingerprint density at radius 1 is 1.20 bits per heavy atom. The van der Waals surface area contributed by atoms with Crippen molar-refractivity contribution in [1.29, 1.82) is 0 Å². The summed E-state index contributed by atoms with van der Waals surface area (Å²) in [7, 11) is 0. The second kappa shape index (κ2) is 7.03. The van der Waals surface area contributed by atoms with Crippen LogP contribution in [0, 0.1) is 11.3 Å². The van der Waals surface area contributed by atoms with E-state index in [1.165, 1.54) is 19.3 Å². The minimum absolute atomic E-state index is 0.111. The third kappa shape index (κ3) is 5.34. The first-order chi connectivity index (χ1) is 6.97. The molecule has 0 aromatic rings. The molecule has 0 N–H and O–H groups in total. The van der Waals surface area contributed by atoms with E-state index in [0.717, 1.165) is 19.3 Å². The SMILES string of the molecule is CCCCC(CC)CC(=O)C(C)(C)CC. The summed E-state index contributed by atoms with van der Waals surface area (Å²) >= 11 is 0. The minimum Gasteiger partial charge on any atom is -0.299 e. The molecule has 0 aromatic carbocycles. The van der Waals surface area contributed by atoms with E-state index in [2.05, 4.69) is 34.6 Å². The van der Waals surface area contributed by atoms with Crippen molar-refractivity contribution in [3.63, 3.8) is 0 Å². The maximum Gasteiger partial charge on any atom is 0.138 e. The molecule has 1 nitrogen and oxygen atoms in total. The summed E-state index contributed by atoms with van der Waals surface area (Å²) in [4.78, 5) is 12.0. The lowest BCUT2D eigenvalue weighted by Gasteiger charge is -2.24. The van der Waals surface area contributed by atoms with E-state index in [9.17, 15) is 4.79 Å². The largest absolute Gasteiger partial charge is 0.299 e. The zero-order chi connectivity index (χ0) is 11.9. The highest BCUT2D eigenvalue weighted by Gasteiger charge is 2.26. The maximum absolute atomic E-state index is 12.0. The van der Waals surface area contributed by atoms with Crippen LogP contribution >= 0.6 is 0 Å². The van der Waals surface area contributed by atoms with Crippen LogP contribution < -0.4 is 0 Å². The van der Waals surface area contributed by atoms with Gasteiger partial charge in [0.25, 0.3) is 0 Å². The molecule has 0 fully saturated rings. The first-order valence-electron chi connectivity index (χ1n) is 6.51. The Hall–Kier alpha value is -0.330. The molecule has 0 bridgehead atoms. The molecule has 0 rings (SSSR count). The molecule has 0 aliphatic heterocycles. The Morgan fingerprint density at radius 3 is 2.20 bits per heavy atom. The fourth-order valence-corrected chi connectivity index (χ4v) is 1.68. The summed E-state index contributed by atoms with van der Waals surface area (Å²) < 4.78 is 0. The van der Waals surface area contributed by atoms with Crippen molar-refractivity contribution >= 4 is 5.78 Å². The molecule has 0 aromatic heterocycles. The molecule has 0 saturated heterocycles. The maximum atomic E-state index is 12.0. The molecule has 1 atom stereocenters. The number of rotatable bonds is 8. The van der Waals surface area contributed by atoms with Gasteiger partial charge < -0.3 is 0 Å². The Morgan fingerprint density at radius 2 is 1.80 bits per heavy atom. The quantitative estimate of drug-likeness (QED) is 0.574. The summed E-state index contributed by atoms with van der Waals surface area (Å²) in [6.45, 7) is 10.7. The zero-order valence-electron chi connectivity index (χ0n) is 11.2.